The van der Waals surface area contributed by atoms with Crippen molar-refractivity contribution in [2.75, 3.05) is 10.5 Å². The van der Waals surface area contributed by atoms with E-state index in [-0.39, 0.29) is 33.7 Å². The molecule has 0 amide bonds. The van der Waals surface area contributed by atoms with Crippen molar-refractivity contribution in [3.8, 4) is 5.75 Å². The third-order valence-electron chi connectivity index (χ3n) is 9.75. The first-order valence-electron chi connectivity index (χ1n) is 18.2. The largest absolute Gasteiger partial charge is 0.543 e. The molecule has 13 heteroatoms. The van der Waals surface area contributed by atoms with Gasteiger partial charge in [0.05, 0.1) is 18.0 Å². The van der Waals surface area contributed by atoms with E-state index >= 15 is 0 Å². The molecule has 0 fully saturated rings. The Bertz CT molecular complexity index is 2090. The highest BCUT2D eigenvalue weighted by atomic mass is 32.2. The first kappa shape index (κ1) is 43.4. The van der Waals surface area contributed by atoms with Crippen LogP contribution in [0.15, 0.2) is 102 Å². The van der Waals surface area contributed by atoms with E-state index in [4.69, 9.17) is 8.85 Å². The van der Waals surface area contributed by atoms with Crippen molar-refractivity contribution in [2.24, 2.45) is 0 Å². The molecular formula is C41H57FN2O6S2Si2. The molecule has 4 aromatic carbocycles. The van der Waals surface area contributed by atoms with Gasteiger partial charge in [0.25, 0.3) is 8.32 Å². The standard InChI is InChI=1S/C41H57FN2O6S2Si2/c1-39(2,3)44-52(47,48)38-28-31(30-49-54(41(7,8)9,34-18-14-12-15-19-34)35-20-16-13-17-21-35)22-25-36(38)43-51(45,46)27-26-32-23-24-33(42)29-37(32)50-53(10,11)40(4,5)6/h12-25,28-29,43-44H,26-27,30H2,1-11H3. The average molecular weight is 813 g/mol. The van der Waals surface area contributed by atoms with E-state index < -0.39 is 53.8 Å². The highest BCUT2D eigenvalue weighted by Gasteiger charge is 2.50. The van der Waals surface area contributed by atoms with Crippen molar-refractivity contribution < 1.29 is 30.1 Å². The Balaban J connectivity index is 1.70. The van der Waals surface area contributed by atoms with Gasteiger partial charge in [-0.1, -0.05) is 114 Å². The minimum Gasteiger partial charge on any atom is -0.543 e. The molecule has 2 N–H and O–H groups in total. The minimum atomic E-state index is -4.22. The summed E-state index contributed by atoms with van der Waals surface area (Å²) in [6.45, 7) is 22.0. The van der Waals surface area contributed by atoms with Crippen LogP contribution in [0.25, 0.3) is 0 Å². The first-order valence-corrected chi connectivity index (χ1v) is 26.1. The van der Waals surface area contributed by atoms with Crippen LogP contribution >= 0.6 is 0 Å². The van der Waals surface area contributed by atoms with Crippen molar-refractivity contribution >= 4 is 52.7 Å². The summed E-state index contributed by atoms with van der Waals surface area (Å²) in [6, 6.07) is 29.0. The van der Waals surface area contributed by atoms with Gasteiger partial charge in [0, 0.05) is 11.6 Å². The SMILES string of the molecule is CC(C)(C)NS(=O)(=O)c1cc(CO[Si](c2ccccc2)(c2ccccc2)C(C)(C)C)ccc1NS(=O)(=O)CCc1ccc(F)cc1O[Si](C)(C)C(C)(C)C. The van der Waals surface area contributed by atoms with Gasteiger partial charge < -0.3 is 8.85 Å². The molecule has 0 aromatic heterocycles. The van der Waals surface area contributed by atoms with Gasteiger partial charge in [0.2, 0.25) is 28.4 Å². The Labute approximate surface area is 325 Å². The molecule has 0 bridgehead atoms. The molecule has 0 aliphatic carbocycles. The molecule has 8 nitrogen and oxygen atoms in total. The van der Waals surface area contributed by atoms with Crippen LogP contribution in [-0.4, -0.2) is 44.8 Å². The van der Waals surface area contributed by atoms with Crippen LogP contribution < -0.4 is 24.2 Å². The number of halogens is 1. The van der Waals surface area contributed by atoms with Gasteiger partial charge in [-0.25, -0.2) is 25.9 Å². The second-order valence-corrected chi connectivity index (χ2v) is 29.9. The summed E-state index contributed by atoms with van der Waals surface area (Å²) in [7, 11) is -13.7. The summed E-state index contributed by atoms with van der Waals surface area (Å²) >= 11 is 0. The quantitative estimate of drug-likeness (QED) is 0.124. The van der Waals surface area contributed by atoms with Gasteiger partial charge in [0.15, 0.2) is 0 Å². The average Bonchev–Trinajstić information content (AvgIpc) is 3.03. The number of sulfonamides is 2. The summed E-state index contributed by atoms with van der Waals surface area (Å²) in [5, 5.41) is 1.68. The van der Waals surface area contributed by atoms with Crippen molar-refractivity contribution in [1.82, 2.24) is 4.72 Å². The highest BCUT2D eigenvalue weighted by molar-refractivity contribution is 7.93. The second-order valence-electron chi connectivity index (χ2n) is 17.4. The minimum absolute atomic E-state index is 0.0201. The van der Waals surface area contributed by atoms with Gasteiger partial charge >= 0.3 is 0 Å². The molecule has 0 unspecified atom stereocenters. The molecule has 0 saturated heterocycles. The van der Waals surface area contributed by atoms with Crippen LogP contribution in [0.2, 0.25) is 23.2 Å². The Kier molecular flexibility index (Phi) is 12.9. The lowest BCUT2D eigenvalue weighted by Gasteiger charge is -2.43. The van der Waals surface area contributed by atoms with Gasteiger partial charge in [-0.05, 0) is 90.1 Å². The van der Waals surface area contributed by atoms with E-state index in [1.807, 2.05) is 49.5 Å². The first-order chi connectivity index (χ1) is 24.8. The molecular weight excluding hydrogens is 756 g/mol. The maximum absolute atomic E-state index is 14.4. The molecule has 0 radical (unpaired) electrons. The number of hydrogen-bond donors (Lipinski definition) is 2. The topological polar surface area (TPSA) is 111 Å². The summed E-state index contributed by atoms with van der Waals surface area (Å²) in [5.41, 5.74) is 0.181. The fraction of sp³-hybridized carbons (Fsp3) is 0.415. The summed E-state index contributed by atoms with van der Waals surface area (Å²) in [6.07, 6.45) is 0.0201. The zero-order valence-electron chi connectivity index (χ0n) is 33.5. The third kappa shape index (κ3) is 10.5. The normalized spacial score (nSPS) is 13.5. The van der Waals surface area contributed by atoms with Crippen molar-refractivity contribution in [3.63, 3.8) is 0 Å². The number of aryl methyl sites for hydroxylation is 1. The van der Waals surface area contributed by atoms with Crippen LogP contribution in [0.1, 0.15) is 73.4 Å². The van der Waals surface area contributed by atoms with Crippen LogP contribution in [0.3, 0.4) is 0 Å². The van der Waals surface area contributed by atoms with Crippen LogP contribution in [0, 0.1) is 5.82 Å². The fourth-order valence-corrected chi connectivity index (χ4v) is 14.5. The molecule has 54 heavy (non-hydrogen) atoms. The predicted molar refractivity (Wildman–Crippen MR) is 224 cm³/mol. The number of rotatable bonds is 14. The summed E-state index contributed by atoms with van der Waals surface area (Å²) < 4.78 is 88.3. The molecule has 294 valence electrons. The van der Waals surface area contributed by atoms with Gasteiger partial charge in [-0.15, -0.1) is 0 Å². The number of benzene rings is 4. The lowest BCUT2D eigenvalue weighted by molar-refractivity contribution is 0.286. The highest BCUT2D eigenvalue weighted by Crippen LogP contribution is 2.39. The van der Waals surface area contributed by atoms with Gasteiger partial charge in [0.1, 0.15) is 16.5 Å². The smallest absolute Gasteiger partial charge is 0.261 e. The predicted octanol–water partition coefficient (Wildman–Crippen LogP) is 8.35. The van der Waals surface area contributed by atoms with E-state index in [2.05, 4.69) is 75.3 Å². The van der Waals surface area contributed by atoms with E-state index in [9.17, 15) is 21.2 Å². The Morgan fingerprint density at radius 3 is 1.76 bits per heavy atom. The van der Waals surface area contributed by atoms with E-state index in [0.717, 1.165) is 10.4 Å². The number of nitrogens with one attached hydrogen (secondary N) is 2. The number of anilines is 1. The second kappa shape index (κ2) is 16.0. The summed E-state index contributed by atoms with van der Waals surface area (Å²) in [5.74, 6) is -0.550. The molecule has 0 aliphatic heterocycles. The van der Waals surface area contributed by atoms with Crippen molar-refractivity contribution in [2.45, 2.75) is 109 Å². The lowest BCUT2D eigenvalue weighted by atomic mass is 10.1. The zero-order valence-corrected chi connectivity index (χ0v) is 37.1. The van der Waals surface area contributed by atoms with E-state index in [1.54, 1.807) is 26.8 Å². The van der Waals surface area contributed by atoms with Crippen molar-refractivity contribution in [1.29, 1.82) is 0 Å². The van der Waals surface area contributed by atoms with Crippen LogP contribution in [-0.2, 0) is 37.5 Å². The zero-order chi connectivity index (χ0) is 40.4. The molecule has 0 heterocycles. The van der Waals surface area contributed by atoms with E-state index in [0.29, 0.717) is 16.9 Å². The molecule has 4 aromatic rings. The number of hydrogen-bond acceptors (Lipinski definition) is 6. The molecule has 0 saturated carbocycles. The Hall–Kier alpha value is -3.34. The monoisotopic (exact) mass is 812 g/mol. The maximum Gasteiger partial charge on any atom is 0.261 e. The molecule has 0 spiro atoms. The van der Waals surface area contributed by atoms with E-state index in [1.165, 1.54) is 30.3 Å². The lowest BCUT2D eigenvalue weighted by Crippen LogP contribution is -2.66. The Morgan fingerprint density at radius 2 is 1.26 bits per heavy atom. The Morgan fingerprint density at radius 1 is 0.704 bits per heavy atom. The molecule has 0 aliphatic rings. The third-order valence-corrected chi connectivity index (χ3v) is 22.1. The fourth-order valence-electron chi connectivity index (χ4n) is 6.10. The van der Waals surface area contributed by atoms with Crippen LogP contribution in [0.4, 0.5) is 10.1 Å². The van der Waals surface area contributed by atoms with Crippen LogP contribution in [0.5, 0.6) is 5.75 Å². The molecule has 0 atom stereocenters. The summed E-state index contributed by atoms with van der Waals surface area (Å²) in [4.78, 5) is -0.215. The molecule has 4 rings (SSSR count). The van der Waals surface area contributed by atoms with Crippen molar-refractivity contribution in [3.05, 3.63) is 114 Å². The van der Waals surface area contributed by atoms with Gasteiger partial charge in [-0.3, -0.25) is 4.72 Å². The maximum atomic E-state index is 14.4. The van der Waals surface area contributed by atoms with Gasteiger partial charge in [-0.2, -0.15) is 0 Å².